The van der Waals surface area contributed by atoms with E-state index in [2.05, 4.69) is 16.0 Å². The van der Waals surface area contributed by atoms with Crippen LogP contribution < -0.4 is 16.0 Å². The number of nitrogens with one attached hydrogen (secondary N) is 3. The Kier molecular flexibility index (Phi) is 5.51. The number of rotatable bonds is 6. The van der Waals surface area contributed by atoms with Crippen LogP contribution in [0.3, 0.4) is 0 Å². The molecular formula is C16H17N3O4. The third-order valence-corrected chi connectivity index (χ3v) is 2.92. The Morgan fingerprint density at radius 3 is 2.39 bits per heavy atom. The number of carbonyl (C=O) groups is 3. The van der Waals surface area contributed by atoms with Crippen LogP contribution in [0.1, 0.15) is 23.0 Å². The lowest BCUT2D eigenvalue weighted by Crippen LogP contribution is -2.36. The molecule has 0 spiro atoms. The Labute approximate surface area is 133 Å². The summed E-state index contributed by atoms with van der Waals surface area (Å²) in [6.45, 7) is 1.63. The summed E-state index contributed by atoms with van der Waals surface area (Å²) in [5, 5.41) is 7.81. The number of hydrogen-bond donors (Lipinski definition) is 3. The predicted octanol–water partition coefficient (Wildman–Crippen LogP) is 1.28. The molecule has 0 aliphatic rings. The fourth-order valence-electron chi connectivity index (χ4n) is 1.83. The maximum absolute atomic E-state index is 11.7. The molecule has 0 aliphatic carbocycles. The molecule has 3 amide bonds. The van der Waals surface area contributed by atoms with Gasteiger partial charge in [0.1, 0.15) is 0 Å². The van der Waals surface area contributed by atoms with Gasteiger partial charge in [-0.05, 0) is 29.8 Å². The maximum Gasteiger partial charge on any atom is 0.287 e. The van der Waals surface area contributed by atoms with E-state index in [1.807, 2.05) is 0 Å². The monoisotopic (exact) mass is 315 g/mol. The van der Waals surface area contributed by atoms with Crippen molar-refractivity contribution >= 4 is 23.4 Å². The minimum absolute atomic E-state index is 0.135. The van der Waals surface area contributed by atoms with Crippen molar-refractivity contribution in [1.82, 2.24) is 10.6 Å². The minimum Gasteiger partial charge on any atom is -0.459 e. The van der Waals surface area contributed by atoms with Crippen molar-refractivity contribution in [3.63, 3.8) is 0 Å². The molecule has 0 fully saturated rings. The number of carbonyl (C=O) groups excluding carboxylic acids is 3. The van der Waals surface area contributed by atoms with Crippen molar-refractivity contribution in [1.29, 1.82) is 0 Å². The Morgan fingerprint density at radius 2 is 1.78 bits per heavy atom. The fourth-order valence-corrected chi connectivity index (χ4v) is 1.83. The van der Waals surface area contributed by atoms with Crippen LogP contribution >= 0.6 is 0 Å². The first-order chi connectivity index (χ1) is 11.0. The molecule has 0 bridgehead atoms. The van der Waals surface area contributed by atoms with E-state index in [0.717, 1.165) is 5.56 Å². The van der Waals surface area contributed by atoms with E-state index >= 15 is 0 Å². The lowest BCUT2D eigenvalue weighted by molar-refractivity contribution is -0.120. The minimum atomic E-state index is -0.440. The average Bonchev–Trinajstić information content (AvgIpc) is 3.06. The molecular weight excluding hydrogens is 298 g/mol. The van der Waals surface area contributed by atoms with Gasteiger partial charge in [-0.3, -0.25) is 14.4 Å². The zero-order valence-corrected chi connectivity index (χ0v) is 12.6. The quantitative estimate of drug-likeness (QED) is 0.747. The molecule has 0 aliphatic heterocycles. The molecule has 120 valence electrons. The van der Waals surface area contributed by atoms with Crippen molar-refractivity contribution in [2.24, 2.45) is 0 Å². The lowest BCUT2D eigenvalue weighted by Gasteiger charge is -2.07. The summed E-state index contributed by atoms with van der Waals surface area (Å²) in [4.78, 5) is 34.2. The molecule has 0 saturated carbocycles. The normalized spacial score (nSPS) is 9.96. The first-order valence-corrected chi connectivity index (χ1v) is 6.99. The molecule has 0 saturated heterocycles. The number of hydrogen-bond acceptors (Lipinski definition) is 4. The summed E-state index contributed by atoms with van der Waals surface area (Å²) in [7, 11) is 0. The topological polar surface area (TPSA) is 100 Å². The van der Waals surface area contributed by atoms with Gasteiger partial charge in [-0.15, -0.1) is 0 Å². The van der Waals surface area contributed by atoms with Crippen LogP contribution in [0.5, 0.6) is 0 Å². The average molecular weight is 315 g/mol. The molecule has 1 aromatic carbocycles. The zero-order valence-electron chi connectivity index (χ0n) is 12.6. The highest BCUT2D eigenvalue weighted by Crippen LogP contribution is 2.09. The number of amides is 3. The van der Waals surface area contributed by atoms with Gasteiger partial charge >= 0.3 is 0 Å². The van der Waals surface area contributed by atoms with Gasteiger partial charge in [-0.2, -0.15) is 0 Å². The molecule has 0 radical (unpaired) electrons. The molecule has 7 heteroatoms. The largest absolute Gasteiger partial charge is 0.459 e. The first-order valence-electron chi connectivity index (χ1n) is 6.99. The van der Waals surface area contributed by atoms with Gasteiger partial charge in [0.25, 0.3) is 5.91 Å². The summed E-state index contributed by atoms with van der Waals surface area (Å²) in [6, 6.07) is 10.2. The molecule has 0 unspecified atom stereocenters. The Bertz CT molecular complexity index is 678. The Hall–Kier alpha value is -3.09. The van der Waals surface area contributed by atoms with E-state index in [4.69, 9.17) is 4.42 Å². The van der Waals surface area contributed by atoms with E-state index < -0.39 is 5.91 Å². The summed E-state index contributed by atoms with van der Waals surface area (Å²) >= 11 is 0. The van der Waals surface area contributed by atoms with Crippen LogP contribution in [-0.2, 0) is 16.1 Å². The van der Waals surface area contributed by atoms with Gasteiger partial charge in [-0.25, -0.2) is 0 Å². The SMILES string of the molecule is CC(=O)Nc1ccc(CNC(=O)CNC(=O)c2ccco2)cc1. The summed E-state index contributed by atoms with van der Waals surface area (Å²) in [6.07, 6.45) is 1.39. The van der Waals surface area contributed by atoms with Gasteiger partial charge in [-0.1, -0.05) is 12.1 Å². The van der Waals surface area contributed by atoms with Gasteiger partial charge in [0, 0.05) is 19.2 Å². The van der Waals surface area contributed by atoms with E-state index in [1.165, 1.54) is 19.3 Å². The molecule has 1 aromatic heterocycles. The summed E-state index contributed by atoms with van der Waals surface area (Å²) < 4.78 is 4.92. The highest BCUT2D eigenvalue weighted by molar-refractivity contribution is 5.94. The third-order valence-electron chi connectivity index (χ3n) is 2.92. The van der Waals surface area contributed by atoms with E-state index in [1.54, 1.807) is 30.3 Å². The molecule has 2 aromatic rings. The second kappa shape index (κ2) is 7.79. The van der Waals surface area contributed by atoms with Crippen molar-refractivity contribution in [2.45, 2.75) is 13.5 Å². The highest BCUT2D eigenvalue weighted by Gasteiger charge is 2.09. The second-order valence-corrected chi connectivity index (χ2v) is 4.81. The van der Waals surface area contributed by atoms with Crippen molar-refractivity contribution in [3.05, 3.63) is 54.0 Å². The lowest BCUT2D eigenvalue weighted by atomic mass is 10.2. The van der Waals surface area contributed by atoms with Crippen molar-refractivity contribution in [3.8, 4) is 0 Å². The molecule has 2 rings (SSSR count). The summed E-state index contributed by atoms with van der Waals surface area (Å²) in [5.74, 6) is -0.731. The number of benzene rings is 1. The van der Waals surface area contributed by atoms with Crippen LogP contribution in [-0.4, -0.2) is 24.3 Å². The van der Waals surface area contributed by atoms with E-state index in [-0.39, 0.29) is 24.1 Å². The van der Waals surface area contributed by atoms with Crippen LogP contribution in [0.2, 0.25) is 0 Å². The third kappa shape index (κ3) is 5.31. The van der Waals surface area contributed by atoms with Crippen LogP contribution in [0.25, 0.3) is 0 Å². The maximum atomic E-state index is 11.7. The van der Waals surface area contributed by atoms with Gasteiger partial charge in [0.15, 0.2) is 5.76 Å². The van der Waals surface area contributed by atoms with E-state index in [9.17, 15) is 14.4 Å². The Morgan fingerprint density at radius 1 is 1.04 bits per heavy atom. The predicted molar refractivity (Wildman–Crippen MR) is 83.6 cm³/mol. The molecule has 7 nitrogen and oxygen atoms in total. The van der Waals surface area contributed by atoms with E-state index in [0.29, 0.717) is 12.2 Å². The van der Waals surface area contributed by atoms with Crippen LogP contribution in [0.15, 0.2) is 47.1 Å². The van der Waals surface area contributed by atoms with Gasteiger partial charge in [0.05, 0.1) is 12.8 Å². The van der Waals surface area contributed by atoms with Crippen molar-refractivity contribution in [2.75, 3.05) is 11.9 Å². The number of anilines is 1. The molecule has 23 heavy (non-hydrogen) atoms. The van der Waals surface area contributed by atoms with Crippen LogP contribution in [0.4, 0.5) is 5.69 Å². The van der Waals surface area contributed by atoms with Gasteiger partial charge < -0.3 is 20.4 Å². The molecule has 3 N–H and O–H groups in total. The first kappa shape index (κ1) is 16.3. The van der Waals surface area contributed by atoms with Crippen molar-refractivity contribution < 1.29 is 18.8 Å². The molecule has 0 atom stereocenters. The standard InChI is InChI=1S/C16H17N3O4/c1-11(20)19-13-6-4-12(5-7-13)9-17-15(21)10-18-16(22)14-3-2-8-23-14/h2-8H,9-10H2,1H3,(H,17,21)(H,18,22)(H,19,20). The number of furan rings is 1. The Balaban J connectivity index is 1.73. The van der Waals surface area contributed by atoms with Crippen LogP contribution in [0, 0.1) is 0 Å². The zero-order chi connectivity index (χ0) is 16.7. The molecule has 1 heterocycles. The highest BCUT2D eigenvalue weighted by atomic mass is 16.3. The van der Waals surface area contributed by atoms with Gasteiger partial charge in [0.2, 0.25) is 11.8 Å². The summed E-state index contributed by atoms with van der Waals surface area (Å²) in [5.41, 5.74) is 1.57. The fraction of sp³-hybridized carbons (Fsp3) is 0.188. The second-order valence-electron chi connectivity index (χ2n) is 4.81. The smallest absolute Gasteiger partial charge is 0.287 e.